The second kappa shape index (κ2) is 50.5. The van der Waals surface area contributed by atoms with E-state index in [4.69, 9.17) is 14.2 Å². The summed E-state index contributed by atoms with van der Waals surface area (Å²) in [4.78, 5) is 37.9. The summed E-state index contributed by atoms with van der Waals surface area (Å²) < 4.78 is 16.7. The summed E-state index contributed by atoms with van der Waals surface area (Å²) in [6, 6.07) is 0. The smallest absolute Gasteiger partial charge is 0.306 e. The number of rotatable bonds is 43. The summed E-state index contributed by atoms with van der Waals surface area (Å²) in [6.45, 7) is 6.27. The molecule has 0 fully saturated rings. The zero-order chi connectivity index (χ0) is 45.8. The molecule has 1 unspecified atom stereocenters. The van der Waals surface area contributed by atoms with Crippen LogP contribution in [-0.4, -0.2) is 37.2 Å². The molecule has 0 saturated carbocycles. The van der Waals surface area contributed by atoms with Crippen LogP contribution in [-0.2, 0) is 28.6 Å². The first-order valence-corrected chi connectivity index (χ1v) is 25.1. The van der Waals surface area contributed by atoms with Crippen LogP contribution >= 0.6 is 0 Å². The van der Waals surface area contributed by atoms with Crippen LogP contribution in [0.25, 0.3) is 0 Å². The summed E-state index contributed by atoms with van der Waals surface area (Å²) in [7, 11) is 0. The van der Waals surface area contributed by atoms with Crippen molar-refractivity contribution in [2.24, 2.45) is 0 Å². The molecule has 0 aliphatic carbocycles. The number of carbonyl (C=O) groups excluding carboxylic acids is 3. The molecule has 0 aromatic heterocycles. The molecule has 0 aliphatic heterocycles. The third kappa shape index (κ3) is 48.7. The van der Waals surface area contributed by atoms with E-state index >= 15 is 0 Å². The van der Waals surface area contributed by atoms with E-state index in [9.17, 15) is 14.4 Å². The lowest BCUT2D eigenvalue weighted by Gasteiger charge is -2.18. The summed E-state index contributed by atoms with van der Waals surface area (Å²) in [5, 5.41) is 0. The average molecular weight is 871 g/mol. The SMILES string of the molecule is CC/C=C/C=C/C=C/C=C/C=C/CCCC(=O)OC(COC(=O)CCCCC/C=C/C/C=C/C/C=C/C/C=C/C/C=C/CC)COC(=O)CCCCCCCCCCCCCCC. The van der Waals surface area contributed by atoms with Crippen molar-refractivity contribution in [2.75, 3.05) is 13.2 Å². The Morgan fingerprint density at radius 3 is 1.19 bits per heavy atom. The van der Waals surface area contributed by atoms with Gasteiger partial charge in [0.05, 0.1) is 0 Å². The highest BCUT2D eigenvalue weighted by molar-refractivity contribution is 5.71. The molecule has 0 aromatic rings. The molecule has 0 bridgehead atoms. The Morgan fingerprint density at radius 1 is 0.349 bits per heavy atom. The summed E-state index contributed by atoms with van der Waals surface area (Å²) >= 11 is 0. The van der Waals surface area contributed by atoms with E-state index in [1.165, 1.54) is 64.2 Å². The molecule has 0 saturated heterocycles. The molecule has 0 amide bonds. The van der Waals surface area contributed by atoms with Gasteiger partial charge in [-0.1, -0.05) is 226 Å². The molecule has 1 atom stereocenters. The van der Waals surface area contributed by atoms with Gasteiger partial charge in [0.2, 0.25) is 0 Å². The zero-order valence-corrected chi connectivity index (χ0v) is 40.3. The van der Waals surface area contributed by atoms with Crippen LogP contribution in [0.1, 0.15) is 201 Å². The maximum Gasteiger partial charge on any atom is 0.306 e. The number of hydrogen-bond acceptors (Lipinski definition) is 6. The summed E-state index contributed by atoms with van der Waals surface area (Å²) in [5.41, 5.74) is 0. The molecule has 0 rings (SSSR count). The number of allylic oxidation sites excluding steroid dienone is 20. The molecule has 0 radical (unpaired) electrons. The Bertz CT molecular complexity index is 1370. The molecule has 354 valence electrons. The first-order chi connectivity index (χ1) is 31.0. The minimum Gasteiger partial charge on any atom is -0.462 e. The molecule has 0 heterocycles. The average Bonchev–Trinajstić information content (AvgIpc) is 3.28. The summed E-state index contributed by atoms with van der Waals surface area (Å²) in [5.74, 6) is -1.04. The van der Waals surface area contributed by atoms with Crippen molar-refractivity contribution in [3.63, 3.8) is 0 Å². The molecule has 6 nitrogen and oxygen atoms in total. The van der Waals surface area contributed by atoms with Gasteiger partial charge in [-0.15, -0.1) is 0 Å². The van der Waals surface area contributed by atoms with E-state index in [2.05, 4.69) is 87.6 Å². The summed E-state index contributed by atoms with van der Waals surface area (Å²) in [6.07, 6.45) is 69.0. The van der Waals surface area contributed by atoms with Crippen LogP contribution in [0.5, 0.6) is 0 Å². The number of esters is 3. The van der Waals surface area contributed by atoms with Gasteiger partial charge in [0, 0.05) is 19.3 Å². The van der Waals surface area contributed by atoms with Crippen LogP contribution in [0.15, 0.2) is 122 Å². The van der Waals surface area contributed by atoms with Crippen molar-refractivity contribution in [1.82, 2.24) is 0 Å². The van der Waals surface area contributed by atoms with Gasteiger partial charge in [-0.3, -0.25) is 14.4 Å². The van der Waals surface area contributed by atoms with Gasteiger partial charge in [0.15, 0.2) is 6.10 Å². The molecular formula is C57H90O6. The van der Waals surface area contributed by atoms with E-state index in [-0.39, 0.29) is 31.6 Å². The topological polar surface area (TPSA) is 78.9 Å². The van der Waals surface area contributed by atoms with Gasteiger partial charge in [-0.05, 0) is 77.0 Å². The van der Waals surface area contributed by atoms with Crippen molar-refractivity contribution in [3.05, 3.63) is 122 Å². The lowest BCUT2D eigenvalue weighted by atomic mass is 10.0. The fourth-order valence-corrected chi connectivity index (χ4v) is 6.38. The predicted molar refractivity (Wildman–Crippen MR) is 269 cm³/mol. The maximum atomic E-state index is 12.7. The van der Waals surface area contributed by atoms with Gasteiger partial charge in [0.25, 0.3) is 0 Å². The minimum atomic E-state index is -0.829. The molecule has 0 N–H and O–H groups in total. The largest absolute Gasteiger partial charge is 0.462 e. The Hall–Kier alpha value is -4.19. The van der Waals surface area contributed by atoms with Gasteiger partial charge in [-0.25, -0.2) is 0 Å². The Morgan fingerprint density at radius 2 is 0.714 bits per heavy atom. The Kier molecular flexibility index (Phi) is 47.1. The van der Waals surface area contributed by atoms with Crippen LogP contribution < -0.4 is 0 Å². The van der Waals surface area contributed by atoms with Gasteiger partial charge in [0.1, 0.15) is 13.2 Å². The van der Waals surface area contributed by atoms with E-state index in [0.717, 1.165) is 89.9 Å². The predicted octanol–water partition coefficient (Wildman–Crippen LogP) is 16.5. The second-order valence-corrected chi connectivity index (χ2v) is 16.1. The highest BCUT2D eigenvalue weighted by atomic mass is 16.6. The molecule has 0 spiro atoms. The van der Waals surface area contributed by atoms with Crippen molar-refractivity contribution >= 4 is 17.9 Å². The van der Waals surface area contributed by atoms with Gasteiger partial charge >= 0.3 is 17.9 Å². The third-order valence-electron chi connectivity index (χ3n) is 10.1. The van der Waals surface area contributed by atoms with Gasteiger partial charge < -0.3 is 14.2 Å². The Balaban J connectivity index is 4.54. The van der Waals surface area contributed by atoms with Crippen molar-refractivity contribution in [2.45, 2.75) is 207 Å². The first-order valence-electron chi connectivity index (χ1n) is 25.1. The van der Waals surface area contributed by atoms with Crippen LogP contribution in [0, 0.1) is 0 Å². The second-order valence-electron chi connectivity index (χ2n) is 16.1. The van der Waals surface area contributed by atoms with E-state index in [1.807, 2.05) is 54.7 Å². The highest BCUT2D eigenvalue weighted by Crippen LogP contribution is 2.14. The monoisotopic (exact) mass is 871 g/mol. The lowest BCUT2D eigenvalue weighted by Crippen LogP contribution is -2.30. The zero-order valence-electron chi connectivity index (χ0n) is 40.3. The maximum absolute atomic E-state index is 12.7. The lowest BCUT2D eigenvalue weighted by molar-refractivity contribution is -0.167. The van der Waals surface area contributed by atoms with Crippen molar-refractivity contribution < 1.29 is 28.6 Å². The van der Waals surface area contributed by atoms with Crippen LogP contribution in [0.2, 0.25) is 0 Å². The molecule has 0 aromatic carbocycles. The molecular weight excluding hydrogens is 781 g/mol. The number of carbonyl (C=O) groups is 3. The molecule has 6 heteroatoms. The quantitative estimate of drug-likeness (QED) is 0.0200. The van der Waals surface area contributed by atoms with Crippen LogP contribution in [0.4, 0.5) is 0 Å². The minimum absolute atomic E-state index is 0.119. The normalized spacial score (nSPS) is 13.1. The fourth-order valence-electron chi connectivity index (χ4n) is 6.38. The van der Waals surface area contributed by atoms with Crippen LogP contribution in [0.3, 0.4) is 0 Å². The van der Waals surface area contributed by atoms with E-state index in [1.54, 1.807) is 0 Å². The molecule has 63 heavy (non-hydrogen) atoms. The standard InChI is InChI=1S/C57H90O6/c1-4-7-10-13-16-19-22-25-26-27-28-29-30-33-35-38-41-44-47-50-56(59)62-53-54(63-57(60)51-48-45-42-39-36-32-24-21-18-15-12-9-6-3)52-61-55(58)49-46-43-40-37-34-31-23-20-17-14-11-8-5-2/h7,9-10,12,15-16,18-19,21,24-26,28-29,32-33,35-36,39,42,54H,4-6,8,11,13-14,17,20,22-23,27,30-31,34,37-38,40-41,43-53H2,1-3H3/b10-7+,12-9+,18-15+,19-16+,24-21+,26-25+,29-28+,35-33+,36-32+,42-39+. The highest BCUT2D eigenvalue weighted by Gasteiger charge is 2.19. The number of hydrogen-bond donors (Lipinski definition) is 0. The van der Waals surface area contributed by atoms with Crippen molar-refractivity contribution in [1.29, 1.82) is 0 Å². The first kappa shape index (κ1) is 58.8. The number of ether oxygens (including phenoxy) is 3. The third-order valence-corrected chi connectivity index (χ3v) is 10.1. The Labute approximate surface area is 386 Å². The van der Waals surface area contributed by atoms with E-state index < -0.39 is 12.1 Å². The molecule has 0 aliphatic rings. The fraction of sp³-hybridized carbons (Fsp3) is 0.596. The number of unbranched alkanes of at least 4 members (excludes halogenated alkanes) is 16. The van der Waals surface area contributed by atoms with E-state index in [0.29, 0.717) is 19.3 Å². The van der Waals surface area contributed by atoms with Crippen molar-refractivity contribution in [3.8, 4) is 0 Å². The van der Waals surface area contributed by atoms with Gasteiger partial charge in [-0.2, -0.15) is 0 Å².